The minimum absolute atomic E-state index is 0.144. The summed E-state index contributed by atoms with van der Waals surface area (Å²) in [5.41, 5.74) is 0. The van der Waals surface area contributed by atoms with Gasteiger partial charge in [-0.3, -0.25) is 4.79 Å². The summed E-state index contributed by atoms with van der Waals surface area (Å²) >= 11 is 5.29. The van der Waals surface area contributed by atoms with Crippen LogP contribution in [0, 0.1) is 18.8 Å². The number of carboxylic acids is 1. The first-order valence-electron chi connectivity index (χ1n) is 6.26. The van der Waals surface area contributed by atoms with Gasteiger partial charge in [0.25, 0.3) is 0 Å². The molecule has 2 atom stereocenters. The summed E-state index contributed by atoms with van der Waals surface area (Å²) in [5.74, 6) is -0.477. The maximum absolute atomic E-state index is 11.1. The van der Waals surface area contributed by atoms with Crippen molar-refractivity contribution in [3.05, 3.63) is 20.3 Å². The molecular formula is C13H18BrNO2S. The second-order valence-electron chi connectivity index (χ2n) is 4.88. The van der Waals surface area contributed by atoms with Crippen LogP contribution >= 0.6 is 27.3 Å². The molecule has 18 heavy (non-hydrogen) atoms. The van der Waals surface area contributed by atoms with Gasteiger partial charge in [0.05, 0.1) is 5.92 Å². The monoisotopic (exact) mass is 331 g/mol. The molecule has 1 aromatic rings. The van der Waals surface area contributed by atoms with E-state index < -0.39 is 5.97 Å². The molecule has 1 aliphatic rings. The SMILES string of the molecule is Cc1sc(CNCC2CCCC2C(=O)O)cc1Br. The number of hydrogen-bond acceptors (Lipinski definition) is 3. The topological polar surface area (TPSA) is 49.3 Å². The summed E-state index contributed by atoms with van der Waals surface area (Å²) in [5, 5.41) is 12.5. The number of nitrogens with one attached hydrogen (secondary N) is 1. The number of thiophene rings is 1. The molecule has 0 saturated heterocycles. The van der Waals surface area contributed by atoms with Crippen molar-refractivity contribution >= 4 is 33.2 Å². The Morgan fingerprint density at radius 3 is 3.00 bits per heavy atom. The van der Waals surface area contributed by atoms with Gasteiger partial charge in [-0.05, 0) is 54.2 Å². The summed E-state index contributed by atoms with van der Waals surface area (Å²) in [7, 11) is 0. The summed E-state index contributed by atoms with van der Waals surface area (Å²) in [6, 6.07) is 2.14. The van der Waals surface area contributed by atoms with Crippen molar-refractivity contribution in [3.8, 4) is 0 Å². The van der Waals surface area contributed by atoms with E-state index >= 15 is 0 Å². The number of hydrogen-bond donors (Lipinski definition) is 2. The third-order valence-electron chi connectivity index (χ3n) is 3.59. The van der Waals surface area contributed by atoms with Crippen LogP contribution in [-0.2, 0) is 11.3 Å². The number of aryl methyl sites for hydroxylation is 1. The lowest BCUT2D eigenvalue weighted by Crippen LogP contribution is -2.28. The van der Waals surface area contributed by atoms with Crippen molar-refractivity contribution in [3.63, 3.8) is 0 Å². The summed E-state index contributed by atoms with van der Waals surface area (Å²) in [6.45, 7) is 3.74. The molecule has 0 aliphatic heterocycles. The van der Waals surface area contributed by atoms with Crippen LogP contribution in [0.4, 0.5) is 0 Å². The van der Waals surface area contributed by atoms with Crippen molar-refractivity contribution in [2.45, 2.75) is 32.7 Å². The second kappa shape index (κ2) is 6.17. The van der Waals surface area contributed by atoms with Crippen molar-refractivity contribution < 1.29 is 9.90 Å². The van der Waals surface area contributed by atoms with Gasteiger partial charge in [0.2, 0.25) is 0 Å². The van der Waals surface area contributed by atoms with Gasteiger partial charge in [0, 0.05) is 20.8 Å². The Balaban J connectivity index is 1.80. The number of carboxylic acid groups (broad SMARTS) is 1. The molecule has 1 aromatic heterocycles. The molecule has 1 saturated carbocycles. The highest BCUT2D eigenvalue weighted by Gasteiger charge is 2.32. The fourth-order valence-corrected chi connectivity index (χ4v) is 4.16. The zero-order valence-corrected chi connectivity index (χ0v) is 12.8. The Morgan fingerprint density at radius 2 is 2.39 bits per heavy atom. The molecule has 1 fully saturated rings. The van der Waals surface area contributed by atoms with E-state index in [0.717, 1.165) is 36.8 Å². The Morgan fingerprint density at radius 1 is 1.61 bits per heavy atom. The summed E-state index contributed by atoms with van der Waals surface area (Å²) < 4.78 is 1.16. The molecule has 2 unspecified atom stereocenters. The third-order valence-corrected chi connectivity index (χ3v) is 5.73. The summed E-state index contributed by atoms with van der Waals surface area (Å²) in [4.78, 5) is 13.6. The zero-order chi connectivity index (χ0) is 13.1. The van der Waals surface area contributed by atoms with Crippen LogP contribution < -0.4 is 5.32 Å². The molecule has 1 aliphatic carbocycles. The predicted molar refractivity (Wildman–Crippen MR) is 76.9 cm³/mol. The van der Waals surface area contributed by atoms with Crippen molar-refractivity contribution in [2.24, 2.45) is 11.8 Å². The zero-order valence-electron chi connectivity index (χ0n) is 10.4. The highest BCUT2D eigenvalue weighted by molar-refractivity contribution is 9.10. The maximum Gasteiger partial charge on any atom is 0.306 e. The average Bonchev–Trinajstić information content (AvgIpc) is 2.87. The normalized spacial score (nSPS) is 23.4. The van der Waals surface area contributed by atoms with E-state index in [1.54, 1.807) is 11.3 Å². The number of carbonyl (C=O) groups is 1. The molecule has 2 rings (SSSR count). The smallest absolute Gasteiger partial charge is 0.306 e. The molecular weight excluding hydrogens is 314 g/mol. The molecule has 0 spiro atoms. The highest BCUT2D eigenvalue weighted by atomic mass is 79.9. The predicted octanol–water partition coefficient (Wildman–Crippen LogP) is 3.41. The molecule has 1 heterocycles. The van der Waals surface area contributed by atoms with Gasteiger partial charge in [-0.15, -0.1) is 11.3 Å². The fourth-order valence-electron chi connectivity index (χ4n) is 2.59. The van der Waals surface area contributed by atoms with Gasteiger partial charge in [-0.2, -0.15) is 0 Å². The van der Waals surface area contributed by atoms with Crippen molar-refractivity contribution in [1.29, 1.82) is 0 Å². The van der Waals surface area contributed by atoms with Gasteiger partial charge in [-0.1, -0.05) is 6.42 Å². The molecule has 2 N–H and O–H groups in total. The lowest BCUT2D eigenvalue weighted by atomic mass is 9.96. The van der Waals surface area contributed by atoms with Crippen LogP contribution in [0.25, 0.3) is 0 Å². The van der Waals surface area contributed by atoms with Crippen LogP contribution in [-0.4, -0.2) is 17.6 Å². The number of aliphatic carboxylic acids is 1. The molecule has 0 bridgehead atoms. The minimum Gasteiger partial charge on any atom is -0.481 e. The van der Waals surface area contributed by atoms with E-state index in [2.05, 4.69) is 34.2 Å². The standard InChI is InChI=1S/C13H18BrNO2S/c1-8-12(14)5-10(18-8)7-15-6-9-3-2-4-11(9)13(16)17/h5,9,11,15H,2-4,6-7H2,1H3,(H,16,17). The molecule has 100 valence electrons. The molecule has 0 amide bonds. The van der Waals surface area contributed by atoms with Gasteiger partial charge < -0.3 is 10.4 Å². The van der Waals surface area contributed by atoms with Crippen LogP contribution in [0.3, 0.4) is 0 Å². The Bertz CT molecular complexity index is 413. The van der Waals surface area contributed by atoms with E-state index in [-0.39, 0.29) is 5.92 Å². The van der Waals surface area contributed by atoms with Gasteiger partial charge in [-0.25, -0.2) is 0 Å². The first-order valence-corrected chi connectivity index (χ1v) is 7.87. The molecule has 3 nitrogen and oxygen atoms in total. The Labute approximate surface area is 120 Å². The van der Waals surface area contributed by atoms with E-state index in [9.17, 15) is 4.79 Å². The molecule has 0 aromatic carbocycles. The lowest BCUT2D eigenvalue weighted by Gasteiger charge is -2.15. The minimum atomic E-state index is -0.631. The second-order valence-corrected chi connectivity index (χ2v) is 7.08. The van der Waals surface area contributed by atoms with Gasteiger partial charge in [0.15, 0.2) is 0 Å². The van der Waals surface area contributed by atoms with E-state index in [0.29, 0.717) is 5.92 Å². The molecule has 5 heteroatoms. The van der Waals surface area contributed by atoms with Gasteiger partial charge in [0.1, 0.15) is 0 Å². The fraction of sp³-hybridized carbons (Fsp3) is 0.615. The van der Waals surface area contributed by atoms with Gasteiger partial charge >= 0.3 is 5.97 Å². The first kappa shape index (κ1) is 14.0. The first-order chi connectivity index (χ1) is 8.58. The Kier molecular flexibility index (Phi) is 4.81. The average molecular weight is 332 g/mol. The van der Waals surface area contributed by atoms with Crippen molar-refractivity contribution in [1.82, 2.24) is 5.32 Å². The maximum atomic E-state index is 11.1. The van der Waals surface area contributed by atoms with Crippen LogP contribution in [0.5, 0.6) is 0 Å². The largest absolute Gasteiger partial charge is 0.481 e. The van der Waals surface area contributed by atoms with E-state index in [1.165, 1.54) is 9.75 Å². The number of rotatable bonds is 5. The van der Waals surface area contributed by atoms with Crippen LogP contribution in [0.1, 0.15) is 29.0 Å². The number of halogens is 1. The summed E-state index contributed by atoms with van der Waals surface area (Å²) in [6.07, 6.45) is 2.93. The molecule has 0 radical (unpaired) electrons. The Hall–Kier alpha value is -0.390. The quantitative estimate of drug-likeness (QED) is 0.869. The van der Waals surface area contributed by atoms with E-state index in [1.807, 2.05) is 0 Å². The third kappa shape index (κ3) is 3.33. The van der Waals surface area contributed by atoms with E-state index in [4.69, 9.17) is 5.11 Å². The lowest BCUT2D eigenvalue weighted by molar-refractivity contribution is -0.142. The van der Waals surface area contributed by atoms with Crippen LogP contribution in [0.2, 0.25) is 0 Å². The van der Waals surface area contributed by atoms with Crippen LogP contribution in [0.15, 0.2) is 10.5 Å². The van der Waals surface area contributed by atoms with Crippen molar-refractivity contribution in [2.75, 3.05) is 6.54 Å². The highest BCUT2D eigenvalue weighted by Crippen LogP contribution is 2.31.